The molecule has 0 aliphatic heterocycles. The Kier molecular flexibility index (Phi) is 4.61. The molecule has 19 heavy (non-hydrogen) atoms. The molecule has 1 aromatic heterocycles. The second kappa shape index (κ2) is 6.04. The quantitative estimate of drug-likeness (QED) is 0.850. The molecule has 1 unspecified atom stereocenters. The summed E-state index contributed by atoms with van der Waals surface area (Å²) in [5.41, 5.74) is 1.74. The van der Waals surface area contributed by atoms with Gasteiger partial charge in [-0.2, -0.15) is 0 Å². The lowest BCUT2D eigenvalue weighted by Gasteiger charge is -2.19. The first kappa shape index (κ1) is 14.5. The first-order chi connectivity index (χ1) is 9.02. The van der Waals surface area contributed by atoms with Gasteiger partial charge in [0.2, 0.25) is 0 Å². The third kappa shape index (κ3) is 3.16. The van der Waals surface area contributed by atoms with Crippen LogP contribution in [0.5, 0.6) is 0 Å². The number of hydrogen-bond acceptors (Lipinski definition) is 2. The monoisotopic (exact) mass is 297 g/mol. The first-order valence-electron chi connectivity index (χ1n) is 6.28. The largest absolute Gasteiger partial charge is 0.306 e. The van der Waals surface area contributed by atoms with Crippen LogP contribution in [0.3, 0.4) is 0 Å². The predicted molar refractivity (Wildman–Crippen MR) is 80.7 cm³/mol. The molecule has 0 aliphatic carbocycles. The first-order valence-corrected chi connectivity index (χ1v) is 7.47. The van der Waals surface area contributed by atoms with Crippen LogP contribution in [0.4, 0.5) is 4.39 Å². The zero-order valence-electron chi connectivity index (χ0n) is 11.3. The molecule has 1 aromatic carbocycles. The summed E-state index contributed by atoms with van der Waals surface area (Å²) >= 11 is 7.73. The molecule has 0 bridgehead atoms. The molecule has 1 nitrogen and oxygen atoms in total. The lowest BCUT2D eigenvalue weighted by molar-refractivity contribution is 0.559. The number of aryl methyl sites for hydroxylation is 2. The van der Waals surface area contributed by atoms with E-state index in [1.165, 1.54) is 15.8 Å². The molecule has 0 saturated carbocycles. The third-order valence-corrected chi connectivity index (χ3v) is 4.28. The van der Waals surface area contributed by atoms with Gasteiger partial charge in [0.15, 0.2) is 0 Å². The Morgan fingerprint density at radius 3 is 2.58 bits per heavy atom. The summed E-state index contributed by atoms with van der Waals surface area (Å²) in [6, 6.07) is 6.68. The van der Waals surface area contributed by atoms with Gasteiger partial charge in [0, 0.05) is 20.3 Å². The Labute approximate surface area is 122 Å². The number of halogens is 2. The van der Waals surface area contributed by atoms with Gasteiger partial charge in [-0.15, -0.1) is 11.3 Å². The maximum absolute atomic E-state index is 14.1. The van der Waals surface area contributed by atoms with Crippen LogP contribution in [0.25, 0.3) is 0 Å². The van der Waals surface area contributed by atoms with Crippen LogP contribution in [0.1, 0.15) is 33.8 Å². The van der Waals surface area contributed by atoms with Gasteiger partial charge in [-0.05, 0) is 50.2 Å². The van der Waals surface area contributed by atoms with Crippen LogP contribution in [-0.4, -0.2) is 6.54 Å². The third-order valence-electron chi connectivity index (χ3n) is 3.07. The van der Waals surface area contributed by atoms with Crippen molar-refractivity contribution in [3.05, 3.63) is 56.0 Å². The molecule has 2 rings (SSSR count). The van der Waals surface area contributed by atoms with Gasteiger partial charge < -0.3 is 5.32 Å². The summed E-state index contributed by atoms with van der Waals surface area (Å²) < 4.78 is 14.1. The number of rotatable bonds is 4. The summed E-state index contributed by atoms with van der Waals surface area (Å²) in [5.74, 6) is -0.224. The highest BCUT2D eigenvalue weighted by molar-refractivity contribution is 7.12. The van der Waals surface area contributed by atoms with Crippen LogP contribution < -0.4 is 5.32 Å². The summed E-state index contributed by atoms with van der Waals surface area (Å²) in [6.07, 6.45) is 0. The number of nitrogens with one attached hydrogen (secondary N) is 1. The van der Waals surface area contributed by atoms with Crippen LogP contribution in [0.15, 0.2) is 24.3 Å². The molecule has 0 fully saturated rings. The van der Waals surface area contributed by atoms with Gasteiger partial charge in [0.1, 0.15) is 5.82 Å². The Hall–Kier alpha value is -0.900. The van der Waals surface area contributed by atoms with Crippen molar-refractivity contribution in [1.82, 2.24) is 5.32 Å². The van der Waals surface area contributed by atoms with Crippen LogP contribution in [0, 0.1) is 19.7 Å². The standard InChI is InChI=1S/C15H17ClFNS/c1-4-18-15(12-7-9(2)19-10(12)3)13-8-11(16)5-6-14(13)17/h5-8,15,18H,4H2,1-3H3. The van der Waals surface area contributed by atoms with E-state index >= 15 is 0 Å². The average molecular weight is 298 g/mol. The molecular weight excluding hydrogens is 281 g/mol. The predicted octanol–water partition coefficient (Wildman–Crippen LogP) is 4.86. The fourth-order valence-corrected chi connectivity index (χ4v) is 3.41. The smallest absolute Gasteiger partial charge is 0.128 e. The summed E-state index contributed by atoms with van der Waals surface area (Å²) in [7, 11) is 0. The van der Waals surface area contributed by atoms with Crippen molar-refractivity contribution in [3.63, 3.8) is 0 Å². The van der Waals surface area contributed by atoms with E-state index in [-0.39, 0.29) is 11.9 Å². The van der Waals surface area contributed by atoms with E-state index in [4.69, 9.17) is 11.6 Å². The van der Waals surface area contributed by atoms with E-state index in [9.17, 15) is 4.39 Å². The summed E-state index contributed by atoms with van der Waals surface area (Å²) in [4.78, 5) is 2.45. The van der Waals surface area contributed by atoms with E-state index in [2.05, 4.69) is 25.2 Å². The molecule has 0 spiro atoms. The van der Waals surface area contributed by atoms with Crippen LogP contribution in [0.2, 0.25) is 5.02 Å². The fourth-order valence-electron chi connectivity index (χ4n) is 2.26. The topological polar surface area (TPSA) is 12.0 Å². The second-order valence-corrected chi connectivity index (χ2v) is 6.42. The number of benzene rings is 1. The Bertz CT molecular complexity index is 580. The van der Waals surface area contributed by atoms with Gasteiger partial charge in [-0.25, -0.2) is 4.39 Å². The molecule has 2 aromatic rings. The van der Waals surface area contributed by atoms with E-state index in [1.54, 1.807) is 23.5 Å². The normalized spacial score (nSPS) is 12.7. The van der Waals surface area contributed by atoms with Gasteiger partial charge in [0.05, 0.1) is 6.04 Å². The minimum absolute atomic E-state index is 0.145. The highest BCUT2D eigenvalue weighted by Crippen LogP contribution is 2.32. The summed E-state index contributed by atoms with van der Waals surface area (Å²) in [5, 5.41) is 3.90. The number of hydrogen-bond donors (Lipinski definition) is 1. The average Bonchev–Trinajstić information content (AvgIpc) is 2.69. The van der Waals surface area contributed by atoms with E-state index in [1.807, 2.05) is 6.92 Å². The van der Waals surface area contributed by atoms with Crippen molar-refractivity contribution in [2.75, 3.05) is 6.54 Å². The Morgan fingerprint density at radius 1 is 1.26 bits per heavy atom. The van der Waals surface area contributed by atoms with Crippen molar-refractivity contribution in [2.24, 2.45) is 0 Å². The van der Waals surface area contributed by atoms with Crippen LogP contribution >= 0.6 is 22.9 Å². The lowest BCUT2D eigenvalue weighted by Crippen LogP contribution is -2.23. The zero-order chi connectivity index (χ0) is 14.0. The SMILES string of the molecule is CCNC(c1cc(Cl)ccc1F)c1cc(C)sc1C. The van der Waals surface area contributed by atoms with Crippen molar-refractivity contribution in [3.8, 4) is 0 Å². The highest BCUT2D eigenvalue weighted by Gasteiger charge is 2.20. The Balaban J connectivity index is 2.51. The minimum atomic E-state index is -0.224. The highest BCUT2D eigenvalue weighted by atomic mass is 35.5. The molecule has 102 valence electrons. The van der Waals surface area contributed by atoms with Gasteiger partial charge in [0.25, 0.3) is 0 Å². The van der Waals surface area contributed by atoms with E-state index in [0.717, 1.165) is 12.1 Å². The molecule has 0 saturated heterocycles. The zero-order valence-corrected chi connectivity index (χ0v) is 12.8. The molecule has 1 heterocycles. The molecular formula is C15H17ClFNS. The fraction of sp³-hybridized carbons (Fsp3) is 0.333. The number of thiophene rings is 1. The van der Waals surface area contributed by atoms with Gasteiger partial charge >= 0.3 is 0 Å². The van der Waals surface area contributed by atoms with Crippen LogP contribution in [-0.2, 0) is 0 Å². The van der Waals surface area contributed by atoms with Crippen molar-refractivity contribution >= 4 is 22.9 Å². The van der Waals surface area contributed by atoms with Gasteiger partial charge in [-0.1, -0.05) is 18.5 Å². The second-order valence-electron chi connectivity index (χ2n) is 4.53. The van der Waals surface area contributed by atoms with Crippen molar-refractivity contribution in [2.45, 2.75) is 26.8 Å². The van der Waals surface area contributed by atoms with Crippen molar-refractivity contribution in [1.29, 1.82) is 0 Å². The molecule has 0 aliphatic rings. The van der Waals surface area contributed by atoms with E-state index in [0.29, 0.717) is 10.6 Å². The minimum Gasteiger partial charge on any atom is -0.306 e. The lowest BCUT2D eigenvalue weighted by atomic mass is 9.98. The Morgan fingerprint density at radius 2 is 2.00 bits per heavy atom. The maximum Gasteiger partial charge on any atom is 0.128 e. The van der Waals surface area contributed by atoms with E-state index < -0.39 is 0 Å². The van der Waals surface area contributed by atoms with Gasteiger partial charge in [-0.3, -0.25) is 0 Å². The molecule has 1 atom stereocenters. The van der Waals surface area contributed by atoms with Crippen molar-refractivity contribution < 1.29 is 4.39 Å². The molecule has 0 amide bonds. The molecule has 1 N–H and O–H groups in total. The maximum atomic E-state index is 14.1. The summed E-state index contributed by atoms with van der Waals surface area (Å²) in [6.45, 7) is 6.92. The molecule has 0 radical (unpaired) electrons. The molecule has 4 heteroatoms.